The van der Waals surface area contributed by atoms with E-state index in [1.54, 1.807) is 0 Å². The summed E-state index contributed by atoms with van der Waals surface area (Å²) in [6.45, 7) is 1.93. The zero-order valence-electron chi connectivity index (χ0n) is 8.05. The van der Waals surface area contributed by atoms with E-state index >= 15 is 0 Å². The SMILES string of the molecule is O=C1c2cc[nH]c2CC2CCNCC12. The Morgan fingerprint density at radius 1 is 1.43 bits per heavy atom. The third kappa shape index (κ3) is 1.05. The lowest BCUT2D eigenvalue weighted by atomic mass is 9.74. The fourth-order valence-corrected chi connectivity index (χ4v) is 2.73. The second-order valence-electron chi connectivity index (χ2n) is 4.30. The summed E-state index contributed by atoms with van der Waals surface area (Å²) in [6.07, 6.45) is 4.07. The van der Waals surface area contributed by atoms with E-state index in [0.29, 0.717) is 11.7 Å². The maximum absolute atomic E-state index is 12.1. The standard InChI is InChI=1S/C11H14N2O/c14-11-8-2-4-13-10(8)5-7-1-3-12-6-9(7)11/h2,4,7,9,12-13H,1,3,5-6H2. The number of rotatable bonds is 0. The molecule has 3 rings (SSSR count). The largest absolute Gasteiger partial charge is 0.364 e. The molecule has 0 radical (unpaired) electrons. The number of nitrogens with one attached hydrogen (secondary N) is 2. The summed E-state index contributed by atoms with van der Waals surface area (Å²) in [5.74, 6) is 1.13. The number of hydrogen-bond donors (Lipinski definition) is 2. The molecule has 1 aliphatic heterocycles. The molecule has 2 atom stereocenters. The molecule has 1 aliphatic carbocycles. The van der Waals surface area contributed by atoms with E-state index in [-0.39, 0.29) is 5.92 Å². The first-order valence-electron chi connectivity index (χ1n) is 5.27. The van der Waals surface area contributed by atoms with Crippen LogP contribution in [0.15, 0.2) is 12.3 Å². The van der Waals surface area contributed by atoms with E-state index in [1.807, 2.05) is 12.3 Å². The number of ketones is 1. The highest BCUT2D eigenvalue weighted by Crippen LogP contribution is 2.32. The number of carbonyl (C=O) groups is 1. The van der Waals surface area contributed by atoms with Crippen molar-refractivity contribution in [3.05, 3.63) is 23.5 Å². The molecule has 2 heterocycles. The van der Waals surface area contributed by atoms with E-state index in [2.05, 4.69) is 10.3 Å². The smallest absolute Gasteiger partial charge is 0.169 e. The number of Topliss-reactive ketones (excluding diaryl/α,β-unsaturated/α-hetero) is 1. The highest BCUT2D eigenvalue weighted by Gasteiger charge is 2.37. The summed E-state index contributed by atoms with van der Waals surface area (Å²) >= 11 is 0. The van der Waals surface area contributed by atoms with Crippen LogP contribution in [0.3, 0.4) is 0 Å². The Morgan fingerprint density at radius 3 is 3.29 bits per heavy atom. The van der Waals surface area contributed by atoms with Crippen LogP contribution in [0.1, 0.15) is 22.5 Å². The highest BCUT2D eigenvalue weighted by molar-refractivity contribution is 6.00. The number of hydrogen-bond acceptors (Lipinski definition) is 2. The first-order valence-corrected chi connectivity index (χ1v) is 5.27. The zero-order valence-corrected chi connectivity index (χ0v) is 8.05. The maximum Gasteiger partial charge on any atom is 0.169 e. The summed E-state index contributed by atoms with van der Waals surface area (Å²) in [5, 5.41) is 3.31. The number of aromatic amines is 1. The van der Waals surface area contributed by atoms with Crippen molar-refractivity contribution in [2.24, 2.45) is 11.8 Å². The van der Waals surface area contributed by atoms with Crippen LogP contribution in [0, 0.1) is 11.8 Å². The molecule has 0 aromatic carbocycles. The van der Waals surface area contributed by atoms with Crippen molar-refractivity contribution >= 4 is 5.78 Å². The molecule has 0 amide bonds. The average molecular weight is 190 g/mol. The third-order valence-corrected chi connectivity index (χ3v) is 3.53. The second kappa shape index (κ2) is 2.95. The average Bonchev–Trinajstić information content (AvgIpc) is 2.66. The first kappa shape index (κ1) is 8.24. The lowest BCUT2D eigenvalue weighted by Gasteiger charge is -2.34. The molecule has 2 unspecified atom stereocenters. The molecular weight excluding hydrogens is 176 g/mol. The number of fused-ring (bicyclic) bond motifs is 2. The predicted octanol–water partition coefficient (Wildman–Crippen LogP) is 0.979. The molecule has 3 heteroatoms. The van der Waals surface area contributed by atoms with Gasteiger partial charge in [0, 0.05) is 29.9 Å². The summed E-state index contributed by atoms with van der Waals surface area (Å²) in [6, 6.07) is 1.92. The number of piperidine rings is 1. The normalized spacial score (nSPS) is 31.0. The Morgan fingerprint density at radius 2 is 2.36 bits per heavy atom. The minimum Gasteiger partial charge on any atom is -0.364 e. The van der Waals surface area contributed by atoms with Crippen LogP contribution < -0.4 is 5.32 Å². The van der Waals surface area contributed by atoms with Crippen LogP contribution in [-0.2, 0) is 6.42 Å². The molecule has 1 fully saturated rings. The summed E-state index contributed by atoms with van der Waals surface area (Å²) in [5.41, 5.74) is 2.08. The number of H-pyrrole nitrogens is 1. The van der Waals surface area contributed by atoms with Crippen LogP contribution in [-0.4, -0.2) is 23.9 Å². The molecule has 2 aliphatic rings. The molecule has 1 aromatic heterocycles. The molecular formula is C11H14N2O. The Hall–Kier alpha value is -1.09. The van der Waals surface area contributed by atoms with Gasteiger partial charge < -0.3 is 10.3 Å². The Balaban J connectivity index is 2.00. The summed E-state index contributed by atoms with van der Waals surface area (Å²) in [4.78, 5) is 15.2. The maximum atomic E-state index is 12.1. The lowest BCUT2D eigenvalue weighted by Crippen LogP contribution is -2.44. The van der Waals surface area contributed by atoms with Crippen LogP contribution >= 0.6 is 0 Å². The second-order valence-corrected chi connectivity index (χ2v) is 4.30. The van der Waals surface area contributed by atoms with E-state index < -0.39 is 0 Å². The van der Waals surface area contributed by atoms with Crippen LogP contribution in [0.25, 0.3) is 0 Å². The fourth-order valence-electron chi connectivity index (χ4n) is 2.73. The number of aromatic nitrogens is 1. The minimum absolute atomic E-state index is 0.229. The monoisotopic (exact) mass is 190 g/mol. The van der Waals surface area contributed by atoms with E-state index in [1.165, 1.54) is 0 Å². The zero-order chi connectivity index (χ0) is 9.54. The van der Waals surface area contributed by atoms with Crippen LogP contribution in [0.2, 0.25) is 0 Å². The van der Waals surface area contributed by atoms with Gasteiger partial charge >= 0.3 is 0 Å². The fraction of sp³-hybridized carbons (Fsp3) is 0.545. The van der Waals surface area contributed by atoms with Gasteiger partial charge in [0.2, 0.25) is 0 Å². The quantitative estimate of drug-likeness (QED) is 0.640. The van der Waals surface area contributed by atoms with Crippen molar-refractivity contribution in [2.45, 2.75) is 12.8 Å². The molecule has 3 nitrogen and oxygen atoms in total. The Kier molecular flexibility index (Phi) is 1.74. The first-order chi connectivity index (χ1) is 6.86. The topological polar surface area (TPSA) is 44.9 Å². The molecule has 14 heavy (non-hydrogen) atoms. The van der Waals surface area contributed by atoms with Gasteiger partial charge in [-0.1, -0.05) is 0 Å². The Labute approximate surface area is 82.9 Å². The van der Waals surface area contributed by atoms with Crippen molar-refractivity contribution in [1.82, 2.24) is 10.3 Å². The van der Waals surface area contributed by atoms with Crippen molar-refractivity contribution in [2.75, 3.05) is 13.1 Å². The Bertz CT molecular complexity index is 369. The van der Waals surface area contributed by atoms with Gasteiger partial charge in [0.05, 0.1) is 0 Å². The molecule has 0 spiro atoms. The van der Waals surface area contributed by atoms with Crippen molar-refractivity contribution in [3.8, 4) is 0 Å². The van der Waals surface area contributed by atoms with E-state index in [9.17, 15) is 4.79 Å². The van der Waals surface area contributed by atoms with Crippen molar-refractivity contribution in [3.63, 3.8) is 0 Å². The van der Waals surface area contributed by atoms with Crippen molar-refractivity contribution in [1.29, 1.82) is 0 Å². The molecule has 1 saturated heterocycles. The van der Waals surface area contributed by atoms with E-state index in [4.69, 9.17) is 0 Å². The molecule has 1 aromatic rings. The van der Waals surface area contributed by atoms with Gasteiger partial charge in [0.25, 0.3) is 0 Å². The van der Waals surface area contributed by atoms with Crippen molar-refractivity contribution < 1.29 is 4.79 Å². The van der Waals surface area contributed by atoms with Gasteiger partial charge in [-0.2, -0.15) is 0 Å². The van der Waals surface area contributed by atoms with Crippen LogP contribution in [0.4, 0.5) is 0 Å². The van der Waals surface area contributed by atoms with Gasteiger partial charge in [0.1, 0.15) is 0 Å². The summed E-state index contributed by atoms with van der Waals surface area (Å²) in [7, 11) is 0. The molecule has 74 valence electrons. The lowest BCUT2D eigenvalue weighted by molar-refractivity contribution is 0.0818. The van der Waals surface area contributed by atoms with Gasteiger partial charge in [-0.15, -0.1) is 0 Å². The van der Waals surface area contributed by atoms with Gasteiger partial charge in [-0.05, 0) is 31.4 Å². The highest BCUT2D eigenvalue weighted by atomic mass is 16.1. The molecule has 2 N–H and O–H groups in total. The molecule has 0 saturated carbocycles. The van der Waals surface area contributed by atoms with Gasteiger partial charge in [-0.3, -0.25) is 4.79 Å². The van der Waals surface area contributed by atoms with Crippen LogP contribution in [0.5, 0.6) is 0 Å². The molecule has 0 bridgehead atoms. The summed E-state index contributed by atoms with van der Waals surface area (Å²) < 4.78 is 0. The number of carbonyl (C=O) groups excluding carboxylic acids is 1. The minimum atomic E-state index is 0.229. The van der Waals surface area contributed by atoms with Gasteiger partial charge in [0.15, 0.2) is 5.78 Å². The van der Waals surface area contributed by atoms with E-state index in [0.717, 1.165) is 37.2 Å². The van der Waals surface area contributed by atoms with Gasteiger partial charge in [-0.25, -0.2) is 0 Å². The predicted molar refractivity (Wildman–Crippen MR) is 53.3 cm³/mol. The third-order valence-electron chi connectivity index (χ3n) is 3.53.